The number of amides is 1. The van der Waals surface area contributed by atoms with E-state index >= 15 is 0 Å². The van der Waals surface area contributed by atoms with Crippen molar-refractivity contribution in [1.82, 2.24) is 9.80 Å². The average molecular weight is 392 g/mol. The van der Waals surface area contributed by atoms with Gasteiger partial charge < -0.3 is 23.7 Å². The summed E-state index contributed by atoms with van der Waals surface area (Å²) < 4.78 is 16.5. The van der Waals surface area contributed by atoms with Gasteiger partial charge in [-0.15, -0.1) is 0 Å². The molecule has 7 heteroatoms. The predicted octanol–water partition coefficient (Wildman–Crippen LogP) is 1.93. The predicted molar refractivity (Wildman–Crippen MR) is 106 cm³/mol. The first-order chi connectivity index (χ1) is 13.5. The number of carbonyl (C=O) groups excluding carboxylic acids is 1. The maximum atomic E-state index is 13.1. The van der Waals surface area contributed by atoms with Crippen LogP contribution in [0.15, 0.2) is 21.3 Å². The summed E-state index contributed by atoms with van der Waals surface area (Å²) >= 11 is 0. The number of hydrogen-bond donors (Lipinski definition) is 0. The number of likely N-dealkylation sites (tertiary alicyclic amines) is 1. The van der Waals surface area contributed by atoms with Crippen molar-refractivity contribution in [2.75, 3.05) is 53.0 Å². The first-order valence-corrected chi connectivity index (χ1v) is 10.3. The van der Waals surface area contributed by atoms with E-state index in [9.17, 15) is 9.59 Å². The van der Waals surface area contributed by atoms with E-state index in [2.05, 4.69) is 4.90 Å². The maximum absolute atomic E-state index is 13.1. The van der Waals surface area contributed by atoms with Crippen LogP contribution >= 0.6 is 0 Å². The van der Waals surface area contributed by atoms with E-state index in [4.69, 9.17) is 13.9 Å². The third-order valence-electron chi connectivity index (χ3n) is 5.63. The second-order valence-electron chi connectivity index (χ2n) is 7.89. The van der Waals surface area contributed by atoms with E-state index in [1.165, 1.54) is 12.1 Å². The molecule has 3 heterocycles. The minimum absolute atomic E-state index is 0.0715. The molecule has 0 bridgehead atoms. The Morgan fingerprint density at radius 3 is 2.68 bits per heavy atom. The van der Waals surface area contributed by atoms with E-state index in [0.29, 0.717) is 24.8 Å². The summed E-state index contributed by atoms with van der Waals surface area (Å²) in [5.74, 6) is 0.818. The highest BCUT2D eigenvalue weighted by Gasteiger charge is 2.29. The van der Waals surface area contributed by atoms with Crippen LogP contribution in [-0.2, 0) is 9.47 Å². The Morgan fingerprint density at radius 2 is 2.04 bits per heavy atom. The van der Waals surface area contributed by atoms with Crippen LogP contribution in [0, 0.1) is 12.8 Å². The highest BCUT2D eigenvalue weighted by molar-refractivity contribution is 5.91. The topological polar surface area (TPSA) is 72.2 Å². The highest BCUT2D eigenvalue weighted by Crippen LogP contribution is 2.21. The van der Waals surface area contributed by atoms with Gasteiger partial charge in [-0.1, -0.05) is 0 Å². The Bertz CT molecular complexity index is 690. The van der Waals surface area contributed by atoms with Crippen LogP contribution in [0.1, 0.15) is 42.0 Å². The summed E-state index contributed by atoms with van der Waals surface area (Å²) in [6, 6.07) is 2.70. The van der Waals surface area contributed by atoms with Crippen molar-refractivity contribution in [2.24, 2.45) is 5.92 Å². The van der Waals surface area contributed by atoms with Gasteiger partial charge in [-0.2, -0.15) is 0 Å². The molecule has 1 aromatic rings. The lowest BCUT2D eigenvalue weighted by Gasteiger charge is -2.35. The molecule has 2 fully saturated rings. The summed E-state index contributed by atoms with van der Waals surface area (Å²) in [5, 5.41) is 0. The zero-order valence-electron chi connectivity index (χ0n) is 17.0. The highest BCUT2D eigenvalue weighted by atomic mass is 16.5. The molecule has 0 aromatic carbocycles. The monoisotopic (exact) mass is 392 g/mol. The molecule has 0 radical (unpaired) electrons. The number of piperidine rings is 1. The molecule has 1 atom stereocenters. The van der Waals surface area contributed by atoms with Crippen LogP contribution in [0.5, 0.6) is 0 Å². The molecule has 156 valence electrons. The Balaban J connectivity index is 1.65. The van der Waals surface area contributed by atoms with E-state index in [-0.39, 0.29) is 23.2 Å². The summed E-state index contributed by atoms with van der Waals surface area (Å²) in [6.07, 6.45) is 4.18. The molecule has 2 aliphatic rings. The van der Waals surface area contributed by atoms with Gasteiger partial charge in [0.1, 0.15) is 5.76 Å². The standard InChI is InChI=1S/C21H32N2O5/c1-16-12-18(24)13-20(28-16)21(25)23(15-19-4-3-10-27-19)14-17-5-7-22(8-6-17)9-11-26-2/h12-13,17,19H,3-11,14-15H2,1-2H3/t19-/m0/s1. The van der Waals surface area contributed by atoms with Crippen LogP contribution in [0.25, 0.3) is 0 Å². The van der Waals surface area contributed by atoms with E-state index in [1.807, 2.05) is 4.90 Å². The van der Waals surface area contributed by atoms with Crippen LogP contribution in [0.3, 0.4) is 0 Å². The number of aryl methyl sites for hydroxylation is 1. The number of ether oxygens (including phenoxy) is 2. The molecule has 2 saturated heterocycles. The van der Waals surface area contributed by atoms with Crippen molar-refractivity contribution in [3.8, 4) is 0 Å². The maximum Gasteiger partial charge on any atom is 0.289 e. The van der Waals surface area contributed by atoms with Crippen LogP contribution in [0.2, 0.25) is 0 Å². The van der Waals surface area contributed by atoms with Gasteiger partial charge in [-0.05, 0) is 51.6 Å². The first-order valence-electron chi connectivity index (χ1n) is 10.3. The van der Waals surface area contributed by atoms with Gasteiger partial charge in [0.05, 0.1) is 12.7 Å². The van der Waals surface area contributed by atoms with Gasteiger partial charge >= 0.3 is 0 Å². The molecule has 7 nitrogen and oxygen atoms in total. The Kier molecular flexibility index (Phi) is 7.65. The lowest BCUT2D eigenvalue weighted by atomic mass is 9.95. The number of nitrogens with zero attached hydrogens (tertiary/aromatic N) is 2. The third kappa shape index (κ3) is 5.90. The van der Waals surface area contributed by atoms with Crippen molar-refractivity contribution in [1.29, 1.82) is 0 Å². The fourth-order valence-electron chi connectivity index (χ4n) is 4.06. The van der Waals surface area contributed by atoms with Gasteiger partial charge in [-0.25, -0.2) is 0 Å². The summed E-state index contributed by atoms with van der Waals surface area (Å²) in [5.41, 5.74) is -0.199. The molecule has 1 amide bonds. The molecule has 1 aromatic heterocycles. The number of rotatable bonds is 8. The van der Waals surface area contributed by atoms with Crippen molar-refractivity contribution in [3.63, 3.8) is 0 Å². The van der Waals surface area contributed by atoms with Crippen molar-refractivity contribution < 1.29 is 18.7 Å². The molecule has 3 rings (SSSR count). The Labute approximate surface area is 166 Å². The average Bonchev–Trinajstić information content (AvgIpc) is 3.18. The second-order valence-corrected chi connectivity index (χ2v) is 7.89. The number of carbonyl (C=O) groups is 1. The van der Waals surface area contributed by atoms with Crippen LogP contribution in [0.4, 0.5) is 0 Å². The van der Waals surface area contributed by atoms with Crippen molar-refractivity contribution in [3.05, 3.63) is 33.9 Å². The zero-order valence-corrected chi connectivity index (χ0v) is 17.0. The fourth-order valence-corrected chi connectivity index (χ4v) is 4.06. The van der Waals surface area contributed by atoms with Gasteiger partial charge in [-0.3, -0.25) is 9.59 Å². The fraction of sp³-hybridized carbons (Fsp3) is 0.714. The van der Waals surface area contributed by atoms with E-state index in [1.54, 1.807) is 14.0 Å². The normalized spacial score (nSPS) is 21.1. The van der Waals surface area contributed by atoms with Crippen LogP contribution in [-0.4, -0.2) is 74.9 Å². The van der Waals surface area contributed by atoms with Crippen molar-refractivity contribution in [2.45, 2.75) is 38.7 Å². The van der Waals surface area contributed by atoms with Gasteiger partial charge in [0.2, 0.25) is 0 Å². The van der Waals surface area contributed by atoms with Crippen molar-refractivity contribution >= 4 is 5.91 Å². The molecular weight excluding hydrogens is 360 g/mol. The number of hydrogen-bond acceptors (Lipinski definition) is 6. The van der Waals surface area contributed by atoms with Gasteiger partial charge in [0, 0.05) is 45.5 Å². The second kappa shape index (κ2) is 10.2. The minimum atomic E-state index is -0.210. The lowest BCUT2D eigenvalue weighted by molar-refractivity contribution is 0.0412. The zero-order chi connectivity index (χ0) is 19.9. The summed E-state index contributed by atoms with van der Waals surface area (Å²) in [4.78, 5) is 29.2. The third-order valence-corrected chi connectivity index (χ3v) is 5.63. The van der Waals surface area contributed by atoms with Gasteiger partial charge in [0.15, 0.2) is 11.2 Å². The molecule has 0 N–H and O–H groups in total. The smallest absolute Gasteiger partial charge is 0.289 e. The molecule has 0 saturated carbocycles. The minimum Gasteiger partial charge on any atom is -0.456 e. The largest absolute Gasteiger partial charge is 0.456 e. The molecule has 28 heavy (non-hydrogen) atoms. The molecule has 0 spiro atoms. The molecule has 0 unspecified atom stereocenters. The van der Waals surface area contributed by atoms with E-state index in [0.717, 1.165) is 58.5 Å². The Morgan fingerprint density at radius 1 is 1.25 bits per heavy atom. The lowest BCUT2D eigenvalue weighted by Crippen LogP contribution is -2.44. The first kappa shape index (κ1) is 21.0. The summed E-state index contributed by atoms with van der Waals surface area (Å²) in [6.45, 7) is 7.43. The Hall–Kier alpha value is -1.70. The quantitative estimate of drug-likeness (QED) is 0.673. The van der Waals surface area contributed by atoms with Crippen LogP contribution < -0.4 is 5.43 Å². The molecular formula is C21H32N2O5. The van der Waals surface area contributed by atoms with E-state index < -0.39 is 0 Å². The number of methoxy groups -OCH3 is 1. The molecule has 0 aliphatic carbocycles. The molecule has 2 aliphatic heterocycles. The van der Waals surface area contributed by atoms with Gasteiger partial charge in [0.25, 0.3) is 5.91 Å². The summed E-state index contributed by atoms with van der Waals surface area (Å²) in [7, 11) is 1.73. The SMILES string of the molecule is COCCN1CCC(CN(C[C@@H]2CCCO2)C(=O)c2cc(=O)cc(C)o2)CC1.